The van der Waals surface area contributed by atoms with Gasteiger partial charge in [0.2, 0.25) is 0 Å². The number of aromatic nitrogens is 3. The molecule has 0 bridgehead atoms. The molecule has 1 amide bonds. The highest BCUT2D eigenvalue weighted by atomic mass is 32.1. The lowest BCUT2D eigenvalue weighted by atomic mass is 10.2. The van der Waals surface area contributed by atoms with E-state index in [1.165, 1.54) is 11.3 Å². The van der Waals surface area contributed by atoms with Gasteiger partial charge in [-0.1, -0.05) is 11.3 Å². The number of ether oxygens (including phenoxy) is 2. The first-order chi connectivity index (χ1) is 14.1. The number of nitrogens with one attached hydrogen (secondary N) is 2. The van der Waals surface area contributed by atoms with E-state index in [4.69, 9.17) is 9.47 Å². The number of H-pyrrole nitrogens is 1. The van der Waals surface area contributed by atoms with Gasteiger partial charge in [0.1, 0.15) is 13.2 Å². The molecule has 146 valence electrons. The van der Waals surface area contributed by atoms with Gasteiger partial charge in [-0.2, -0.15) is 0 Å². The number of aromatic amines is 1. The van der Waals surface area contributed by atoms with Gasteiger partial charge in [0.25, 0.3) is 5.91 Å². The largest absolute Gasteiger partial charge is 0.486 e. The van der Waals surface area contributed by atoms with Crippen LogP contribution in [0, 0.1) is 6.92 Å². The standard InChI is InChI=1S/C20H16N4O4S/c1-11-10-21-20(26)24(11)13-4-2-12(3-5-13)18(25)23-19-22-14-8-15-16(9-17(14)29-19)28-7-6-27-15/h2-5,8-10H,6-7H2,1H3,(H,21,26)(H,22,23,25). The number of imidazole rings is 1. The van der Waals surface area contributed by atoms with Crippen molar-refractivity contribution in [3.63, 3.8) is 0 Å². The molecule has 0 spiro atoms. The minimum Gasteiger partial charge on any atom is -0.486 e. The molecule has 1 aliphatic rings. The predicted octanol–water partition coefficient (Wildman–Crippen LogP) is 3.11. The Morgan fingerprint density at radius 1 is 1.17 bits per heavy atom. The van der Waals surface area contributed by atoms with Crippen LogP contribution in [0.5, 0.6) is 11.5 Å². The molecule has 0 saturated carbocycles. The Bertz CT molecular complexity index is 1240. The highest BCUT2D eigenvalue weighted by molar-refractivity contribution is 7.22. The molecule has 2 aromatic carbocycles. The fourth-order valence-electron chi connectivity index (χ4n) is 3.23. The molecule has 9 heteroatoms. The van der Waals surface area contributed by atoms with Crippen LogP contribution in [0.15, 0.2) is 47.4 Å². The number of nitrogens with zero attached hydrogens (tertiary/aromatic N) is 2. The number of hydrogen-bond acceptors (Lipinski definition) is 6. The van der Waals surface area contributed by atoms with E-state index >= 15 is 0 Å². The summed E-state index contributed by atoms with van der Waals surface area (Å²) in [6.45, 7) is 2.86. The average molecular weight is 408 g/mol. The second kappa shape index (κ2) is 6.78. The van der Waals surface area contributed by atoms with Crippen molar-refractivity contribution in [3.05, 3.63) is 64.3 Å². The van der Waals surface area contributed by atoms with Gasteiger partial charge in [-0.3, -0.25) is 14.7 Å². The zero-order valence-corrected chi connectivity index (χ0v) is 16.2. The molecule has 0 atom stereocenters. The molecular formula is C20H16N4O4S. The Hall–Kier alpha value is -3.59. The van der Waals surface area contributed by atoms with E-state index in [9.17, 15) is 9.59 Å². The van der Waals surface area contributed by atoms with Crippen molar-refractivity contribution >= 4 is 32.6 Å². The Kier molecular flexibility index (Phi) is 4.09. The van der Waals surface area contributed by atoms with Crippen molar-refractivity contribution in [1.29, 1.82) is 0 Å². The van der Waals surface area contributed by atoms with Crippen LogP contribution >= 0.6 is 11.3 Å². The van der Waals surface area contributed by atoms with E-state index in [0.29, 0.717) is 41.1 Å². The lowest BCUT2D eigenvalue weighted by Crippen LogP contribution is -2.16. The third-order valence-corrected chi connectivity index (χ3v) is 5.55. The summed E-state index contributed by atoms with van der Waals surface area (Å²) < 4.78 is 13.6. The van der Waals surface area contributed by atoms with Gasteiger partial charge in [-0.05, 0) is 31.2 Å². The molecule has 29 heavy (non-hydrogen) atoms. The van der Waals surface area contributed by atoms with Crippen LogP contribution in [0.25, 0.3) is 15.9 Å². The van der Waals surface area contributed by atoms with Crippen LogP contribution in [-0.2, 0) is 0 Å². The maximum Gasteiger partial charge on any atom is 0.330 e. The van der Waals surface area contributed by atoms with Gasteiger partial charge < -0.3 is 14.5 Å². The molecule has 0 aliphatic carbocycles. The second-order valence-electron chi connectivity index (χ2n) is 6.55. The minimum absolute atomic E-state index is 0.218. The number of anilines is 1. The first-order valence-corrected chi connectivity index (χ1v) is 9.79. The highest BCUT2D eigenvalue weighted by Crippen LogP contribution is 2.37. The Morgan fingerprint density at radius 3 is 2.59 bits per heavy atom. The molecular weight excluding hydrogens is 392 g/mol. The molecule has 3 heterocycles. The molecule has 0 radical (unpaired) electrons. The molecule has 4 aromatic rings. The zero-order chi connectivity index (χ0) is 20.0. The molecule has 0 saturated heterocycles. The maximum absolute atomic E-state index is 12.6. The van der Waals surface area contributed by atoms with E-state index in [-0.39, 0.29) is 11.6 Å². The first kappa shape index (κ1) is 17.5. The van der Waals surface area contributed by atoms with Gasteiger partial charge in [0.05, 0.1) is 15.9 Å². The maximum atomic E-state index is 12.6. The molecule has 0 unspecified atom stereocenters. The summed E-state index contributed by atoms with van der Waals surface area (Å²) in [5, 5.41) is 3.32. The van der Waals surface area contributed by atoms with Crippen molar-refractivity contribution in [3.8, 4) is 17.2 Å². The van der Waals surface area contributed by atoms with Gasteiger partial charge in [-0.15, -0.1) is 0 Å². The number of rotatable bonds is 3. The summed E-state index contributed by atoms with van der Waals surface area (Å²) >= 11 is 1.37. The molecule has 5 rings (SSSR count). The number of amides is 1. The third-order valence-electron chi connectivity index (χ3n) is 4.62. The first-order valence-electron chi connectivity index (χ1n) is 8.97. The second-order valence-corrected chi connectivity index (χ2v) is 7.58. The Morgan fingerprint density at radius 2 is 1.90 bits per heavy atom. The summed E-state index contributed by atoms with van der Waals surface area (Å²) in [5.41, 5.74) is 2.48. The van der Waals surface area contributed by atoms with Crippen LogP contribution in [0.2, 0.25) is 0 Å². The summed E-state index contributed by atoms with van der Waals surface area (Å²) in [6, 6.07) is 10.5. The van der Waals surface area contributed by atoms with E-state index < -0.39 is 0 Å². The Balaban J connectivity index is 1.38. The van der Waals surface area contributed by atoms with Crippen molar-refractivity contribution < 1.29 is 14.3 Å². The van der Waals surface area contributed by atoms with Crippen LogP contribution in [0.4, 0.5) is 5.13 Å². The predicted molar refractivity (Wildman–Crippen MR) is 110 cm³/mol. The van der Waals surface area contributed by atoms with Crippen molar-refractivity contribution in [1.82, 2.24) is 14.5 Å². The third kappa shape index (κ3) is 3.15. The minimum atomic E-state index is -0.272. The normalized spacial score (nSPS) is 12.9. The number of carbonyl (C=O) groups is 1. The topological polar surface area (TPSA) is 98.2 Å². The molecule has 2 aromatic heterocycles. The van der Waals surface area contributed by atoms with E-state index in [1.54, 1.807) is 35.0 Å². The van der Waals surface area contributed by atoms with Crippen LogP contribution in [0.3, 0.4) is 0 Å². The smallest absolute Gasteiger partial charge is 0.330 e. The van der Waals surface area contributed by atoms with E-state index in [2.05, 4.69) is 15.3 Å². The Labute approximate surface area is 168 Å². The fraction of sp³-hybridized carbons (Fsp3) is 0.150. The molecule has 0 fully saturated rings. The number of carbonyl (C=O) groups excluding carboxylic acids is 1. The summed E-state index contributed by atoms with van der Waals surface area (Å²) in [4.78, 5) is 31.6. The summed E-state index contributed by atoms with van der Waals surface area (Å²) in [5.74, 6) is 1.08. The molecule has 8 nitrogen and oxygen atoms in total. The molecule has 1 aliphatic heterocycles. The van der Waals surface area contributed by atoms with E-state index in [1.807, 2.05) is 19.1 Å². The van der Waals surface area contributed by atoms with Crippen molar-refractivity contribution in [2.75, 3.05) is 18.5 Å². The number of thiazole rings is 1. The number of benzene rings is 2. The van der Waals surface area contributed by atoms with Gasteiger partial charge in [0, 0.05) is 29.6 Å². The quantitative estimate of drug-likeness (QED) is 0.543. The van der Waals surface area contributed by atoms with E-state index in [0.717, 1.165) is 15.9 Å². The van der Waals surface area contributed by atoms with Crippen molar-refractivity contribution in [2.24, 2.45) is 0 Å². The van der Waals surface area contributed by atoms with Crippen molar-refractivity contribution in [2.45, 2.75) is 6.92 Å². The lowest BCUT2D eigenvalue weighted by Gasteiger charge is -2.17. The SMILES string of the molecule is Cc1c[nH]c(=O)n1-c1ccc(C(=O)Nc2nc3cc4c(cc3s2)OCCO4)cc1. The summed E-state index contributed by atoms with van der Waals surface area (Å²) in [7, 11) is 0. The van der Waals surface area contributed by atoms with Crippen LogP contribution < -0.4 is 20.5 Å². The van der Waals surface area contributed by atoms with Crippen LogP contribution in [-0.4, -0.2) is 33.7 Å². The van der Waals surface area contributed by atoms with Crippen LogP contribution in [0.1, 0.15) is 16.1 Å². The number of hydrogen-bond donors (Lipinski definition) is 2. The average Bonchev–Trinajstić information content (AvgIpc) is 3.27. The van der Waals surface area contributed by atoms with Gasteiger partial charge in [-0.25, -0.2) is 9.78 Å². The van der Waals surface area contributed by atoms with Gasteiger partial charge in [0.15, 0.2) is 16.6 Å². The fourth-order valence-corrected chi connectivity index (χ4v) is 4.10. The monoisotopic (exact) mass is 408 g/mol. The number of fused-ring (bicyclic) bond motifs is 2. The molecule has 2 N–H and O–H groups in total. The van der Waals surface area contributed by atoms with Gasteiger partial charge >= 0.3 is 5.69 Å². The summed E-state index contributed by atoms with van der Waals surface area (Å²) in [6.07, 6.45) is 1.64. The lowest BCUT2D eigenvalue weighted by molar-refractivity contribution is 0.102. The highest BCUT2D eigenvalue weighted by Gasteiger charge is 2.16. The zero-order valence-electron chi connectivity index (χ0n) is 15.4. The number of aryl methyl sites for hydroxylation is 1.